The average molecular weight is 309 g/mol. The molecule has 0 fully saturated rings. The summed E-state index contributed by atoms with van der Waals surface area (Å²) in [5, 5.41) is 8.05. The van der Waals surface area contributed by atoms with Crippen LogP contribution in [0.5, 0.6) is 0 Å². The number of hydrogen-bond donors (Lipinski definition) is 2. The quantitative estimate of drug-likeness (QED) is 0.754. The average Bonchev–Trinajstić information content (AvgIpc) is 2.78. The van der Waals surface area contributed by atoms with Gasteiger partial charge in [0.05, 0.1) is 0 Å². The molecule has 108 valence electrons. The lowest BCUT2D eigenvalue weighted by Gasteiger charge is -2.08. The normalized spacial score (nSPS) is 15.1. The molecule has 2 unspecified atom stereocenters. The zero-order chi connectivity index (χ0) is 14.6. The molecule has 0 bridgehead atoms. The van der Waals surface area contributed by atoms with E-state index in [0.29, 0.717) is 6.42 Å². The van der Waals surface area contributed by atoms with Crippen molar-refractivity contribution in [2.45, 2.75) is 23.7 Å². The summed E-state index contributed by atoms with van der Waals surface area (Å²) in [6.45, 7) is 1.85. The first-order chi connectivity index (χ1) is 8.74. The van der Waals surface area contributed by atoms with Gasteiger partial charge in [-0.2, -0.15) is 0 Å². The number of carboxylic acid groups (broad SMARTS) is 1. The van der Waals surface area contributed by atoms with Crippen molar-refractivity contribution in [2.75, 3.05) is 12.8 Å². The molecule has 2 atom stereocenters. The SMILES string of the molecule is CC(CCNS(=O)(=O)c1ccc(C(=O)O)o1)S(C)=O. The molecular weight excluding hydrogens is 294 g/mol. The van der Waals surface area contributed by atoms with Crippen molar-refractivity contribution in [3.63, 3.8) is 0 Å². The van der Waals surface area contributed by atoms with E-state index >= 15 is 0 Å². The zero-order valence-corrected chi connectivity index (χ0v) is 12.1. The van der Waals surface area contributed by atoms with Crippen LogP contribution in [-0.4, -0.2) is 41.8 Å². The van der Waals surface area contributed by atoms with Crippen molar-refractivity contribution >= 4 is 26.8 Å². The lowest BCUT2D eigenvalue weighted by atomic mass is 10.3. The van der Waals surface area contributed by atoms with Crippen molar-refractivity contribution in [1.29, 1.82) is 0 Å². The minimum Gasteiger partial charge on any atom is -0.475 e. The van der Waals surface area contributed by atoms with Gasteiger partial charge in [0.15, 0.2) is 0 Å². The van der Waals surface area contributed by atoms with Crippen molar-refractivity contribution in [3.05, 3.63) is 17.9 Å². The van der Waals surface area contributed by atoms with E-state index in [1.165, 1.54) is 0 Å². The van der Waals surface area contributed by atoms with Gasteiger partial charge in [-0.05, 0) is 18.6 Å². The summed E-state index contributed by atoms with van der Waals surface area (Å²) in [5.74, 6) is -1.78. The maximum Gasteiger partial charge on any atom is 0.371 e. The van der Waals surface area contributed by atoms with E-state index < -0.39 is 37.6 Å². The van der Waals surface area contributed by atoms with Gasteiger partial charge in [-0.15, -0.1) is 0 Å². The third-order valence-electron chi connectivity index (χ3n) is 2.47. The molecule has 0 aliphatic heterocycles. The van der Waals surface area contributed by atoms with Gasteiger partial charge in [-0.3, -0.25) is 4.21 Å². The van der Waals surface area contributed by atoms with Crippen LogP contribution in [0.3, 0.4) is 0 Å². The molecule has 1 rings (SSSR count). The molecule has 0 aromatic carbocycles. The lowest BCUT2D eigenvalue weighted by molar-refractivity contribution is 0.0656. The van der Waals surface area contributed by atoms with Crippen LogP contribution in [-0.2, 0) is 20.8 Å². The Morgan fingerprint density at radius 1 is 1.53 bits per heavy atom. The summed E-state index contributed by atoms with van der Waals surface area (Å²) in [5.41, 5.74) is 0. The molecular formula is C10H15NO6S2. The van der Waals surface area contributed by atoms with Crippen LogP contribution < -0.4 is 4.72 Å². The number of sulfonamides is 1. The first-order valence-electron chi connectivity index (χ1n) is 5.39. The maximum atomic E-state index is 11.7. The van der Waals surface area contributed by atoms with Gasteiger partial charge < -0.3 is 9.52 Å². The second-order valence-corrected chi connectivity index (χ2v) is 7.42. The molecule has 9 heteroatoms. The predicted molar refractivity (Wildman–Crippen MR) is 69.0 cm³/mol. The van der Waals surface area contributed by atoms with E-state index in [2.05, 4.69) is 4.72 Å². The Morgan fingerprint density at radius 3 is 2.63 bits per heavy atom. The fourth-order valence-electron chi connectivity index (χ4n) is 1.21. The number of hydrogen-bond acceptors (Lipinski definition) is 5. The first kappa shape index (κ1) is 15.9. The topological polar surface area (TPSA) is 114 Å². The number of carboxylic acids is 1. The Bertz CT molecular complexity index is 577. The molecule has 0 amide bonds. The monoisotopic (exact) mass is 309 g/mol. The highest BCUT2D eigenvalue weighted by atomic mass is 32.2. The second-order valence-electron chi connectivity index (χ2n) is 3.92. The largest absolute Gasteiger partial charge is 0.475 e. The van der Waals surface area contributed by atoms with E-state index in [4.69, 9.17) is 9.52 Å². The van der Waals surface area contributed by atoms with Crippen molar-refractivity contribution < 1.29 is 26.9 Å². The Kier molecular flexibility index (Phi) is 5.27. The van der Waals surface area contributed by atoms with E-state index in [0.717, 1.165) is 12.1 Å². The van der Waals surface area contributed by atoms with Gasteiger partial charge in [-0.1, -0.05) is 6.92 Å². The third-order valence-corrected chi connectivity index (χ3v) is 5.17. The molecule has 0 aliphatic rings. The number of furan rings is 1. The van der Waals surface area contributed by atoms with Crippen LogP contribution in [0.2, 0.25) is 0 Å². The second kappa shape index (κ2) is 6.31. The molecule has 1 heterocycles. The molecule has 0 saturated heterocycles. The Balaban J connectivity index is 2.65. The summed E-state index contributed by atoms with van der Waals surface area (Å²) in [7, 11) is -4.89. The highest BCUT2D eigenvalue weighted by Crippen LogP contribution is 2.13. The Morgan fingerprint density at radius 2 is 2.16 bits per heavy atom. The summed E-state index contributed by atoms with van der Waals surface area (Å²) in [6.07, 6.45) is 1.96. The van der Waals surface area contributed by atoms with Gasteiger partial charge in [0, 0.05) is 28.9 Å². The highest BCUT2D eigenvalue weighted by molar-refractivity contribution is 7.89. The minimum absolute atomic E-state index is 0.103. The van der Waals surface area contributed by atoms with Crippen LogP contribution in [0.25, 0.3) is 0 Å². The Hall–Kier alpha value is -1.19. The summed E-state index contributed by atoms with van der Waals surface area (Å²) in [4.78, 5) is 10.6. The summed E-state index contributed by atoms with van der Waals surface area (Å²) < 4.78 is 41.6. The molecule has 2 N–H and O–H groups in total. The standard InChI is InChI=1S/C10H15NO6S2/c1-7(18(2)14)5-6-11-19(15,16)9-4-3-8(17-9)10(12)13/h3-4,7,11H,5-6H2,1-2H3,(H,12,13). The van der Waals surface area contributed by atoms with Crippen molar-refractivity contribution in [3.8, 4) is 0 Å². The van der Waals surface area contributed by atoms with Crippen LogP contribution in [0, 0.1) is 0 Å². The molecule has 0 aliphatic carbocycles. The van der Waals surface area contributed by atoms with Crippen LogP contribution >= 0.6 is 0 Å². The maximum absolute atomic E-state index is 11.7. The highest BCUT2D eigenvalue weighted by Gasteiger charge is 2.20. The first-order valence-corrected chi connectivity index (χ1v) is 8.49. The molecule has 0 saturated carbocycles. The smallest absolute Gasteiger partial charge is 0.371 e. The summed E-state index contributed by atoms with van der Waals surface area (Å²) in [6, 6.07) is 2.15. The van der Waals surface area contributed by atoms with Crippen molar-refractivity contribution in [1.82, 2.24) is 4.72 Å². The van der Waals surface area contributed by atoms with E-state index in [1.54, 1.807) is 13.2 Å². The Labute approximate surface area is 113 Å². The van der Waals surface area contributed by atoms with Gasteiger partial charge in [0.25, 0.3) is 10.0 Å². The van der Waals surface area contributed by atoms with Gasteiger partial charge in [-0.25, -0.2) is 17.9 Å². The molecule has 19 heavy (non-hydrogen) atoms. The van der Waals surface area contributed by atoms with E-state index in [1.807, 2.05) is 0 Å². The van der Waals surface area contributed by atoms with Crippen LogP contribution in [0.1, 0.15) is 23.9 Å². The molecule has 0 radical (unpaired) electrons. The number of rotatable bonds is 7. The molecule has 1 aromatic heterocycles. The fraction of sp³-hybridized carbons (Fsp3) is 0.500. The number of nitrogens with one attached hydrogen (secondary N) is 1. The fourth-order valence-corrected chi connectivity index (χ4v) is 2.64. The van der Waals surface area contributed by atoms with E-state index in [-0.39, 0.29) is 11.8 Å². The van der Waals surface area contributed by atoms with Crippen LogP contribution in [0.15, 0.2) is 21.6 Å². The zero-order valence-electron chi connectivity index (χ0n) is 10.5. The van der Waals surface area contributed by atoms with Crippen LogP contribution in [0.4, 0.5) is 0 Å². The van der Waals surface area contributed by atoms with E-state index in [9.17, 15) is 17.4 Å². The minimum atomic E-state index is -3.87. The summed E-state index contributed by atoms with van der Waals surface area (Å²) >= 11 is 0. The van der Waals surface area contributed by atoms with Crippen molar-refractivity contribution in [2.24, 2.45) is 0 Å². The number of carbonyl (C=O) groups is 1. The van der Waals surface area contributed by atoms with Gasteiger partial charge in [0.1, 0.15) is 0 Å². The van der Waals surface area contributed by atoms with Gasteiger partial charge in [0.2, 0.25) is 10.9 Å². The third kappa shape index (κ3) is 4.44. The molecule has 1 aromatic rings. The lowest BCUT2D eigenvalue weighted by Crippen LogP contribution is -2.27. The molecule has 0 spiro atoms. The van der Waals surface area contributed by atoms with Gasteiger partial charge >= 0.3 is 5.97 Å². The molecule has 7 nitrogen and oxygen atoms in total. The predicted octanol–water partition coefficient (Wildman–Crippen LogP) is 0.413. The number of aromatic carboxylic acids is 1.